The summed E-state index contributed by atoms with van der Waals surface area (Å²) in [5.41, 5.74) is -0.488. The van der Waals surface area contributed by atoms with E-state index in [0.717, 1.165) is 12.8 Å². The van der Waals surface area contributed by atoms with Crippen LogP contribution < -0.4 is 0 Å². The smallest absolute Gasteiger partial charge is 0.312 e. The molecule has 1 fully saturated rings. The molecule has 0 spiro atoms. The van der Waals surface area contributed by atoms with Crippen LogP contribution in [0, 0.1) is 16.7 Å². The molecule has 1 aliphatic heterocycles. The predicted molar refractivity (Wildman–Crippen MR) is 77.1 cm³/mol. The standard InChI is InChI=1S/C16H28O4/c1-7-11(2)16(6,10-15(3,4)5)14(18)20-12-8-13(17)19-9-12/h11-12H,7-10H2,1-6H3. The van der Waals surface area contributed by atoms with E-state index in [1.165, 1.54) is 0 Å². The summed E-state index contributed by atoms with van der Waals surface area (Å²) >= 11 is 0. The molecule has 3 unspecified atom stereocenters. The van der Waals surface area contributed by atoms with E-state index in [-0.39, 0.29) is 36.3 Å². The number of cyclic esters (lactones) is 1. The summed E-state index contributed by atoms with van der Waals surface area (Å²) in [6.07, 6.45) is 1.44. The normalized spacial score (nSPS) is 23.9. The number of carbonyl (C=O) groups is 2. The third kappa shape index (κ3) is 4.22. The Hall–Kier alpha value is -1.06. The zero-order chi connectivity index (χ0) is 15.6. The SMILES string of the molecule is CCC(C)C(C)(CC(C)(C)C)C(=O)OC1COC(=O)C1. The summed E-state index contributed by atoms with van der Waals surface area (Å²) in [7, 11) is 0. The summed E-state index contributed by atoms with van der Waals surface area (Å²) in [6, 6.07) is 0. The van der Waals surface area contributed by atoms with Gasteiger partial charge in [0.05, 0.1) is 11.8 Å². The Morgan fingerprint density at radius 2 is 2.00 bits per heavy atom. The first-order chi connectivity index (χ1) is 9.08. The van der Waals surface area contributed by atoms with Crippen molar-refractivity contribution in [2.75, 3.05) is 6.61 Å². The lowest BCUT2D eigenvalue weighted by Crippen LogP contribution is -2.41. The highest BCUT2D eigenvalue weighted by Crippen LogP contribution is 2.42. The molecule has 116 valence electrons. The Morgan fingerprint density at radius 3 is 2.40 bits per heavy atom. The number of carbonyl (C=O) groups excluding carboxylic acids is 2. The van der Waals surface area contributed by atoms with Crippen molar-refractivity contribution in [2.24, 2.45) is 16.7 Å². The van der Waals surface area contributed by atoms with Gasteiger partial charge in [0, 0.05) is 0 Å². The first-order valence-corrected chi connectivity index (χ1v) is 7.45. The Kier molecular flexibility index (Phi) is 5.22. The van der Waals surface area contributed by atoms with Crippen LogP contribution in [0.5, 0.6) is 0 Å². The summed E-state index contributed by atoms with van der Waals surface area (Å²) < 4.78 is 10.4. The van der Waals surface area contributed by atoms with Gasteiger partial charge >= 0.3 is 11.9 Å². The van der Waals surface area contributed by atoms with Crippen LogP contribution in [0.2, 0.25) is 0 Å². The van der Waals surface area contributed by atoms with E-state index in [4.69, 9.17) is 9.47 Å². The maximum absolute atomic E-state index is 12.6. The van der Waals surface area contributed by atoms with Gasteiger partial charge in [0.2, 0.25) is 0 Å². The third-order valence-corrected chi connectivity index (χ3v) is 4.16. The highest BCUT2D eigenvalue weighted by Gasteiger charge is 2.44. The van der Waals surface area contributed by atoms with Crippen LogP contribution in [-0.2, 0) is 19.1 Å². The fourth-order valence-electron chi connectivity index (χ4n) is 2.85. The van der Waals surface area contributed by atoms with E-state index >= 15 is 0 Å². The van der Waals surface area contributed by atoms with Gasteiger partial charge in [-0.1, -0.05) is 41.0 Å². The minimum absolute atomic E-state index is 0.0409. The first kappa shape index (κ1) is 17.0. The van der Waals surface area contributed by atoms with Crippen LogP contribution in [0.1, 0.15) is 60.8 Å². The summed E-state index contributed by atoms with van der Waals surface area (Å²) in [5, 5.41) is 0. The molecule has 20 heavy (non-hydrogen) atoms. The molecule has 0 N–H and O–H groups in total. The molecule has 1 heterocycles. The van der Waals surface area contributed by atoms with Gasteiger partial charge in [-0.05, 0) is 24.7 Å². The van der Waals surface area contributed by atoms with Crippen molar-refractivity contribution in [2.45, 2.75) is 66.9 Å². The summed E-state index contributed by atoms with van der Waals surface area (Å²) in [5.74, 6) is -0.263. The van der Waals surface area contributed by atoms with Gasteiger partial charge in [-0.3, -0.25) is 9.59 Å². The minimum atomic E-state index is -0.529. The van der Waals surface area contributed by atoms with Gasteiger partial charge in [0.1, 0.15) is 12.7 Å². The van der Waals surface area contributed by atoms with Gasteiger partial charge in [-0.25, -0.2) is 0 Å². The van der Waals surface area contributed by atoms with Crippen molar-refractivity contribution >= 4 is 11.9 Å². The van der Waals surface area contributed by atoms with E-state index in [0.29, 0.717) is 0 Å². The molecule has 4 nitrogen and oxygen atoms in total. The Labute approximate surface area is 122 Å². The number of rotatable bonds is 5. The maximum Gasteiger partial charge on any atom is 0.312 e. The van der Waals surface area contributed by atoms with E-state index in [2.05, 4.69) is 34.6 Å². The van der Waals surface area contributed by atoms with E-state index in [1.807, 2.05) is 6.92 Å². The van der Waals surface area contributed by atoms with Crippen molar-refractivity contribution < 1.29 is 19.1 Å². The largest absolute Gasteiger partial charge is 0.462 e. The Balaban J connectivity index is 2.81. The molecule has 0 aromatic heterocycles. The topological polar surface area (TPSA) is 52.6 Å². The maximum atomic E-state index is 12.6. The average molecular weight is 284 g/mol. The molecule has 1 rings (SSSR count). The monoisotopic (exact) mass is 284 g/mol. The van der Waals surface area contributed by atoms with Crippen LogP contribution in [0.25, 0.3) is 0 Å². The molecule has 0 aromatic carbocycles. The first-order valence-electron chi connectivity index (χ1n) is 7.45. The molecule has 0 saturated carbocycles. The highest BCUT2D eigenvalue weighted by molar-refractivity contribution is 5.78. The molecule has 1 saturated heterocycles. The van der Waals surface area contributed by atoms with Crippen molar-refractivity contribution in [1.82, 2.24) is 0 Å². The van der Waals surface area contributed by atoms with Gasteiger partial charge < -0.3 is 9.47 Å². The fourth-order valence-corrected chi connectivity index (χ4v) is 2.85. The van der Waals surface area contributed by atoms with Crippen molar-refractivity contribution in [3.05, 3.63) is 0 Å². The van der Waals surface area contributed by atoms with Crippen LogP contribution >= 0.6 is 0 Å². The van der Waals surface area contributed by atoms with Crippen LogP contribution in [0.4, 0.5) is 0 Å². The van der Waals surface area contributed by atoms with Gasteiger partial charge in [-0.2, -0.15) is 0 Å². The Morgan fingerprint density at radius 1 is 1.40 bits per heavy atom. The molecule has 0 bridgehead atoms. The van der Waals surface area contributed by atoms with Crippen LogP contribution in [0.15, 0.2) is 0 Å². The molecule has 3 atom stereocenters. The van der Waals surface area contributed by atoms with Crippen molar-refractivity contribution in [1.29, 1.82) is 0 Å². The molecular formula is C16H28O4. The van der Waals surface area contributed by atoms with Crippen molar-refractivity contribution in [3.63, 3.8) is 0 Å². The van der Waals surface area contributed by atoms with Gasteiger partial charge in [-0.15, -0.1) is 0 Å². The minimum Gasteiger partial charge on any atom is -0.462 e. The summed E-state index contributed by atoms with van der Waals surface area (Å²) in [6.45, 7) is 12.7. The zero-order valence-electron chi connectivity index (χ0n) is 13.6. The number of hydrogen-bond acceptors (Lipinski definition) is 4. The van der Waals surface area contributed by atoms with E-state index in [9.17, 15) is 9.59 Å². The second-order valence-electron chi connectivity index (χ2n) is 7.38. The van der Waals surface area contributed by atoms with E-state index < -0.39 is 11.5 Å². The number of esters is 2. The van der Waals surface area contributed by atoms with Crippen LogP contribution in [-0.4, -0.2) is 24.6 Å². The fraction of sp³-hybridized carbons (Fsp3) is 0.875. The average Bonchev–Trinajstić information content (AvgIpc) is 2.71. The Bertz CT molecular complexity index is 369. The molecule has 4 heteroatoms. The third-order valence-electron chi connectivity index (χ3n) is 4.16. The lowest BCUT2D eigenvalue weighted by atomic mass is 9.67. The zero-order valence-corrected chi connectivity index (χ0v) is 13.6. The second kappa shape index (κ2) is 6.15. The quantitative estimate of drug-likeness (QED) is 0.727. The molecule has 1 aliphatic rings. The second-order valence-corrected chi connectivity index (χ2v) is 7.38. The van der Waals surface area contributed by atoms with Gasteiger partial charge in [0.25, 0.3) is 0 Å². The van der Waals surface area contributed by atoms with Crippen LogP contribution in [0.3, 0.4) is 0 Å². The molecule has 0 radical (unpaired) electrons. The molecular weight excluding hydrogens is 256 g/mol. The lowest BCUT2D eigenvalue weighted by Gasteiger charge is -2.38. The number of ether oxygens (including phenoxy) is 2. The number of hydrogen-bond donors (Lipinski definition) is 0. The van der Waals surface area contributed by atoms with E-state index in [1.54, 1.807) is 0 Å². The predicted octanol–water partition coefficient (Wildman–Crippen LogP) is 3.33. The highest BCUT2D eigenvalue weighted by atomic mass is 16.6. The molecule has 0 aromatic rings. The van der Waals surface area contributed by atoms with Gasteiger partial charge in [0.15, 0.2) is 0 Å². The molecule has 0 aliphatic carbocycles. The molecule has 0 amide bonds. The lowest BCUT2D eigenvalue weighted by molar-refractivity contribution is -0.166. The summed E-state index contributed by atoms with van der Waals surface area (Å²) in [4.78, 5) is 23.7. The van der Waals surface area contributed by atoms with Crippen molar-refractivity contribution in [3.8, 4) is 0 Å².